The summed E-state index contributed by atoms with van der Waals surface area (Å²) in [5, 5.41) is 11.4. The van der Waals surface area contributed by atoms with Gasteiger partial charge < -0.3 is 9.73 Å². The number of benzene rings is 1. The molecule has 0 atom stereocenters. The van der Waals surface area contributed by atoms with E-state index in [1.54, 1.807) is 17.3 Å². The number of thiocarbonyl (C=S) groups is 1. The quantitative estimate of drug-likeness (QED) is 0.307. The van der Waals surface area contributed by atoms with Crippen molar-refractivity contribution in [2.24, 2.45) is 0 Å². The molecule has 1 saturated heterocycles. The Morgan fingerprint density at radius 2 is 1.91 bits per heavy atom. The molecule has 1 N–H and O–H groups in total. The van der Waals surface area contributed by atoms with Gasteiger partial charge in [-0.1, -0.05) is 60.0 Å². The van der Waals surface area contributed by atoms with E-state index in [4.69, 9.17) is 16.6 Å². The van der Waals surface area contributed by atoms with Crippen molar-refractivity contribution < 1.29 is 14.0 Å². The Bertz CT molecular complexity index is 1490. The van der Waals surface area contributed by atoms with E-state index >= 15 is 0 Å². The number of pyridine rings is 1. The van der Waals surface area contributed by atoms with Crippen molar-refractivity contribution in [1.29, 1.82) is 0 Å². The molecule has 0 bridgehead atoms. The molecule has 3 aliphatic rings. The van der Waals surface area contributed by atoms with Crippen LogP contribution in [0.1, 0.15) is 25.0 Å². The minimum absolute atomic E-state index is 0.193. The summed E-state index contributed by atoms with van der Waals surface area (Å²) in [4.78, 5) is 32.3. The van der Waals surface area contributed by atoms with Crippen molar-refractivity contribution in [3.63, 3.8) is 0 Å². The predicted octanol–water partition coefficient (Wildman–Crippen LogP) is 4.31. The third kappa shape index (κ3) is 3.62. The Hall–Kier alpha value is -3.28. The van der Waals surface area contributed by atoms with Gasteiger partial charge in [0.05, 0.1) is 21.7 Å². The lowest BCUT2D eigenvalue weighted by molar-refractivity contribution is -0.116. The second-order valence-electron chi connectivity index (χ2n) is 8.61. The van der Waals surface area contributed by atoms with Crippen LogP contribution in [0.2, 0.25) is 0 Å². The first-order chi connectivity index (χ1) is 16.8. The Morgan fingerprint density at radius 1 is 1.14 bits per heavy atom. The van der Waals surface area contributed by atoms with Crippen LogP contribution in [0.3, 0.4) is 0 Å². The van der Waals surface area contributed by atoms with E-state index in [2.05, 4.69) is 26.6 Å². The molecule has 0 radical (unpaired) electrons. The predicted molar refractivity (Wildman–Crippen MR) is 139 cm³/mol. The third-order valence-electron chi connectivity index (χ3n) is 5.92. The van der Waals surface area contributed by atoms with Crippen LogP contribution in [0.5, 0.6) is 0 Å². The number of hydrogen-bond acceptors (Lipinski definition) is 9. The molecule has 1 fully saturated rings. The SMILES string of the molecule is CC1(C)C=C(CSc2nnc(-c3ccncc3)o2)c2cccc3c2N1C(=O)/C3=C1\SC(=S)NC1=O. The van der Waals surface area contributed by atoms with E-state index in [0.717, 1.165) is 39.7 Å². The van der Waals surface area contributed by atoms with Gasteiger partial charge in [0.2, 0.25) is 5.89 Å². The zero-order valence-electron chi connectivity index (χ0n) is 18.6. The van der Waals surface area contributed by atoms with E-state index in [-0.39, 0.29) is 11.8 Å². The number of aromatic nitrogens is 3. The molecular weight excluding hydrogens is 502 g/mol. The summed E-state index contributed by atoms with van der Waals surface area (Å²) in [5.41, 5.74) is 4.16. The minimum atomic E-state index is -0.602. The van der Waals surface area contributed by atoms with Crippen molar-refractivity contribution in [2.75, 3.05) is 10.7 Å². The van der Waals surface area contributed by atoms with Gasteiger partial charge in [0.25, 0.3) is 17.0 Å². The van der Waals surface area contributed by atoms with Gasteiger partial charge in [-0.05, 0) is 31.6 Å². The maximum atomic E-state index is 13.6. The van der Waals surface area contributed by atoms with Gasteiger partial charge in [0.1, 0.15) is 4.32 Å². The van der Waals surface area contributed by atoms with Crippen LogP contribution in [0.4, 0.5) is 5.69 Å². The molecule has 0 aliphatic carbocycles. The molecule has 1 aromatic carbocycles. The maximum absolute atomic E-state index is 13.6. The van der Waals surface area contributed by atoms with Crippen LogP contribution in [0.25, 0.3) is 22.6 Å². The fraction of sp³-hybridized carbons (Fsp3) is 0.167. The molecule has 11 heteroatoms. The van der Waals surface area contributed by atoms with Crippen LogP contribution < -0.4 is 10.2 Å². The molecule has 3 aliphatic heterocycles. The Balaban J connectivity index is 1.36. The molecule has 5 heterocycles. The number of carbonyl (C=O) groups excluding carboxylic acids is 2. The lowest BCUT2D eigenvalue weighted by Crippen LogP contribution is -2.46. The number of carbonyl (C=O) groups is 2. The fourth-order valence-corrected chi connectivity index (χ4v) is 6.40. The van der Waals surface area contributed by atoms with Crippen molar-refractivity contribution in [1.82, 2.24) is 20.5 Å². The number of thioether (sulfide) groups is 2. The molecule has 8 nitrogen and oxygen atoms in total. The largest absolute Gasteiger partial charge is 0.411 e. The molecular formula is C24H17N5O3S3. The lowest BCUT2D eigenvalue weighted by atomic mass is 9.89. The van der Waals surface area contributed by atoms with E-state index in [9.17, 15) is 9.59 Å². The number of anilines is 1. The molecule has 6 rings (SSSR count). The third-order valence-corrected chi connectivity index (χ3v) is 8.02. The topological polar surface area (TPSA) is 101 Å². The minimum Gasteiger partial charge on any atom is -0.411 e. The summed E-state index contributed by atoms with van der Waals surface area (Å²) in [6, 6.07) is 9.42. The molecule has 0 saturated carbocycles. The Kier molecular flexibility index (Phi) is 5.17. The average molecular weight is 520 g/mol. The summed E-state index contributed by atoms with van der Waals surface area (Å²) in [6.45, 7) is 3.98. The molecule has 0 spiro atoms. The van der Waals surface area contributed by atoms with Crippen LogP contribution in [0.15, 0.2) is 63.3 Å². The highest BCUT2D eigenvalue weighted by atomic mass is 32.2. The summed E-state index contributed by atoms with van der Waals surface area (Å²) in [5.74, 6) is 0.489. The summed E-state index contributed by atoms with van der Waals surface area (Å²) in [7, 11) is 0. The first-order valence-corrected chi connectivity index (χ1v) is 12.9. The number of para-hydroxylation sites is 1. The van der Waals surface area contributed by atoms with Crippen LogP contribution in [-0.2, 0) is 9.59 Å². The van der Waals surface area contributed by atoms with Gasteiger partial charge in [0.15, 0.2) is 0 Å². The van der Waals surface area contributed by atoms with Gasteiger partial charge in [-0.3, -0.25) is 19.5 Å². The standard InChI is InChI=1S/C24H17N5O3S3/c1-24(2)10-13(11-34-22-28-27-20(32-22)12-6-8-25-9-7-12)14-4-3-5-15-16(21(31)29(24)17(14)15)18-19(30)26-23(33)35-18/h3-10H,11H2,1-2H3,(H,26,30,33)/b18-16-. The number of nitrogens with one attached hydrogen (secondary N) is 1. The molecule has 3 aromatic rings. The normalized spacial score (nSPS) is 20.2. The van der Waals surface area contributed by atoms with Crippen LogP contribution in [0, 0.1) is 0 Å². The smallest absolute Gasteiger partial charge is 0.277 e. The maximum Gasteiger partial charge on any atom is 0.277 e. The molecule has 174 valence electrons. The van der Waals surface area contributed by atoms with Crippen LogP contribution >= 0.6 is 35.7 Å². The zero-order valence-corrected chi connectivity index (χ0v) is 21.0. The number of rotatable bonds is 4. The second-order valence-corrected chi connectivity index (χ2v) is 11.2. The van der Waals surface area contributed by atoms with Gasteiger partial charge >= 0.3 is 0 Å². The average Bonchev–Trinajstić information content (AvgIpc) is 3.51. The first-order valence-electron chi connectivity index (χ1n) is 10.7. The number of hydrogen-bond donors (Lipinski definition) is 1. The van der Waals surface area contributed by atoms with Gasteiger partial charge in [-0.25, -0.2) is 0 Å². The van der Waals surface area contributed by atoms with Gasteiger partial charge in [-0.15, -0.1) is 10.2 Å². The monoisotopic (exact) mass is 519 g/mol. The van der Waals surface area contributed by atoms with Crippen molar-refractivity contribution in [3.8, 4) is 11.5 Å². The number of nitrogens with zero attached hydrogens (tertiary/aromatic N) is 4. The molecule has 0 unspecified atom stereocenters. The zero-order chi connectivity index (χ0) is 24.3. The van der Waals surface area contributed by atoms with Crippen molar-refractivity contribution in [3.05, 3.63) is 64.8 Å². The van der Waals surface area contributed by atoms with Crippen molar-refractivity contribution >= 4 is 68.7 Å². The summed E-state index contributed by atoms with van der Waals surface area (Å²) in [6.07, 6.45) is 5.44. The second kappa shape index (κ2) is 8.14. The Labute approximate surface area is 214 Å². The number of amides is 2. The van der Waals surface area contributed by atoms with E-state index in [0.29, 0.717) is 31.7 Å². The molecule has 2 amide bonds. The fourth-order valence-electron chi connectivity index (χ4n) is 4.53. The molecule has 35 heavy (non-hydrogen) atoms. The highest BCUT2D eigenvalue weighted by molar-refractivity contribution is 8.27. The van der Waals surface area contributed by atoms with E-state index in [1.807, 2.05) is 44.2 Å². The van der Waals surface area contributed by atoms with Crippen LogP contribution in [-0.4, -0.2) is 42.6 Å². The van der Waals surface area contributed by atoms with Gasteiger partial charge in [-0.2, -0.15) is 0 Å². The van der Waals surface area contributed by atoms with Crippen molar-refractivity contribution in [2.45, 2.75) is 24.6 Å². The van der Waals surface area contributed by atoms with E-state index in [1.165, 1.54) is 11.8 Å². The highest BCUT2D eigenvalue weighted by Crippen LogP contribution is 2.51. The first kappa shape index (κ1) is 22.2. The van der Waals surface area contributed by atoms with E-state index < -0.39 is 5.54 Å². The summed E-state index contributed by atoms with van der Waals surface area (Å²) >= 11 is 7.73. The lowest BCUT2D eigenvalue weighted by Gasteiger charge is -2.39. The van der Waals surface area contributed by atoms with Gasteiger partial charge in [0, 0.05) is 34.8 Å². The highest BCUT2D eigenvalue weighted by Gasteiger charge is 2.47. The summed E-state index contributed by atoms with van der Waals surface area (Å²) < 4.78 is 6.19. The molecule has 2 aromatic heterocycles. The Morgan fingerprint density at radius 3 is 2.66 bits per heavy atom.